The molecule has 1 nitrogen and oxygen atoms in total. The molecule has 0 unspecified atom stereocenters. The Morgan fingerprint density at radius 2 is 2.00 bits per heavy atom. The average Bonchev–Trinajstić information content (AvgIpc) is 2.04. The van der Waals surface area contributed by atoms with E-state index < -0.39 is 0 Å². The number of rotatable bonds is 0. The van der Waals surface area contributed by atoms with E-state index in [-0.39, 0.29) is 0 Å². The second kappa shape index (κ2) is 3.09. The summed E-state index contributed by atoms with van der Waals surface area (Å²) in [5.74, 6) is 0. The molecule has 0 aliphatic heterocycles. The highest BCUT2D eigenvalue weighted by molar-refractivity contribution is 14.1. The van der Waals surface area contributed by atoms with Crippen molar-refractivity contribution in [2.75, 3.05) is 0 Å². The predicted molar refractivity (Wildman–Crippen MR) is 53.6 cm³/mol. The van der Waals surface area contributed by atoms with Gasteiger partial charge in [-0.25, -0.2) is 4.98 Å². The smallest absolute Gasteiger partial charge is 0.101 e. The molecule has 0 saturated carbocycles. The quantitative estimate of drug-likeness (QED) is 0.515. The first-order valence-electron chi connectivity index (χ1n) is 4.00. The van der Waals surface area contributed by atoms with E-state index in [4.69, 9.17) is 0 Å². The third-order valence-electron chi connectivity index (χ3n) is 2.14. The Morgan fingerprint density at radius 1 is 1.18 bits per heavy atom. The fourth-order valence-corrected chi connectivity index (χ4v) is 2.03. The first kappa shape index (κ1) is 7.53. The van der Waals surface area contributed by atoms with E-state index in [0.29, 0.717) is 0 Å². The zero-order valence-electron chi connectivity index (χ0n) is 6.31. The van der Waals surface area contributed by atoms with Crippen LogP contribution in [0, 0.1) is 3.70 Å². The molecule has 1 aliphatic carbocycles. The van der Waals surface area contributed by atoms with Crippen LogP contribution in [0.1, 0.15) is 24.1 Å². The van der Waals surface area contributed by atoms with Gasteiger partial charge in [-0.05, 0) is 59.9 Å². The lowest BCUT2D eigenvalue weighted by Gasteiger charge is -2.13. The number of hydrogen-bond acceptors (Lipinski definition) is 1. The molecule has 0 atom stereocenters. The van der Waals surface area contributed by atoms with Crippen molar-refractivity contribution < 1.29 is 0 Å². The summed E-state index contributed by atoms with van der Waals surface area (Å²) in [4.78, 5) is 4.50. The first-order valence-corrected chi connectivity index (χ1v) is 5.08. The molecule has 0 radical (unpaired) electrons. The van der Waals surface area contributed by atoms with Gasteiger partial charge in [0, 0.05) is 5.69 Å². The van der Waals surface area contributed by atoms with Crippen LogP contribution in [0.25, 0.3) is 0 Å². The summed E-state index contributed by atoms with van der Waals surface area (Å²) < 4.78 is 1.13. The van der Waals surface area contributed by atoms with Crippen molar-refractivity contribution in [1.29, 1.82) is 0 Å². The normalized spacial score (nSPS) is 16.1. The molecule has 1 aliphatic rings. The highest BCUT2D eigenvalue weighted by Crippen LogP contribution is 2.19. The van der Waals surface area contributed by atoms with Crippen LogP contribution in [0.2, 0.25) is 0 Å². The molecule has 0 aromatic carbocycles. The van der Waals surface area contributed by atoms with Gasteiger partial charge < -0.3 is 0 Å². The maximum Gasteiger partial charge on any atom is 0.101 e. The van der Waals surface area contributed by atoms with Gasteiger partial charge in [-0.15, -0.1) is 0 Å². The van der Waals surface area contributed by atoms with Crippen molar-refractivity contribution >= 4 is 22.6 Å². The summed E-state index contributed by atoms with van der Waals surface area (Å²) in [6, 6.07) is 4.33. The maximum absolute atomic E-state index is 4.50. The van der Waals surface area contributed by atoms with Gasteiger partial charge in [-0.2, -0.15) is 0 Å². The zero-order valence-corrected chi connectivity index (χ0v) is 8.47. The second-order valence-electron chi connectivity index (χ2n) is 2.95. The van der Waals surface area contributed by atoms with Crippen LogP contribution >= 0.6 is 22.6 Å². The summed E-state index contributed by atoms with van der Waals surface area (Å²) in [5.41, 5.74) is 2.81. The molecule has 0 fully saturated rings. The summed E-state index contributed by atoms with van der Waals surface area (Å²) in [5, 5.41) is 0. The molecule has 1 aromatic heterocycles. The van der Waals surface area contributed by atoms with Crippen LogP contribution in [0.5, 0.6) is 0 Å². The second-order valence-corrected chi connectivity index (χ2v) is 4.05. The summed E-state index contributed by atoms with van der Waals surface area (Å²) in [6.07, 6.45) is 5.08. The van der Waals surface area contributed by atoms with Gasteiger partial charge >= 0.3 is 0 Å². The van der Waals surface area contributed by atoms with E-state index in [2.05, 4.69) is 39.7 Å². The van der Waals surface area contributed by atoms with Crippen molar-refractivity contribution in [2.45, 2.75) is 25.7 Å². The topological polar surface area (TPSA) is 12.9 Å². The molecule has 1 heterocycles. The molecule has 0 N–H and O–H groups in total. The Morgan fingerprint density at radius 3 is 2.91 bits per heavy atom. The Kier molecular flexibility index (Phi) is 2.11. The van der Waals surface area contributed by atoms with Crippen molar-refractivity contribution in [1.82, 2.24) is 4.98 Å². The highest BCUT2D eigenvalue weighted by atomic mass is 127. The predicted octanol–water partition coefficient (Wildman–Crippen LogP) is 2.57. The Bertz CT molecular complexity index is 270. The fraction of sp³-hybridized carbons (Fsp3) is 0.444. The van der Waals surface area contributed by atoms with E-state index in [1.807, 2.05) is 0 Å². The van der Waals surface area contributed by atoms with Gasteiger partial charge in [0.15, 0.2) is 0 Å². The number of aromatic nitrogens is 1. The van der Waals surface area contributed by atoms with Crippen molar-refractivity contribution in [3.8, 4) is 0 Å². The van der Waals surface area contributed by atoms with Gasteiger partial charge in [0.1, 0.15) is 3.70 Å². The maximum atomic E-state index is 4.50. The Hall–Kier alpha value is -0.120. The summed E-state index contributed by atoms with van der Waals surface area (Å²) in [6.45, 7) is 0. The largest absolute Gasteiger partial charge is 0.247 e. The standard InChI is InChI=1S/C9H10IN/c10-9-6-5-7-3-1-2-4-8(7)11-9/h5-6H,1-4H2. The molecule has 0 spiro atoms. The minimum absolute atomic E-state index is 1.13. The third-order valence-corrected chi connectivity index (χ3v) is 2.74. The Labute approximate surface area is 80.4 Å². The highest BCUT2D eigenvalue weighted by Gasteiger charge is 2.09. The van der Waals surface area contributed by atoms with Gasteiger partial charge in [0.25, 0.3) is 0 Å². The van der Waals surface area contributed by atoms with E-state index in [0.717, 1.165) is 3.70 Å². The first-order chi connectivity index (χ1) is 5.36. The molecule has 0 saturated heterocycles. The fourth-order valence-electron chi connectivity index (χ4n) is 1.56. The average molecular weight is 259 g/mol. The van der Waals surface area contributed by atoms with E-state index in [1.165, 1.54) is 36.9 Å². The Balaban J connectivity index is 2.43. The van der Waals surface area contributed by atoms with Crippen LogP contribution in [0.4, 0.5) is 0 Å². The molecule has 11 heavy (non-hydrogen) atoms. The van der Waals surface area contributed by atoms with Crippen LogP contribution in [-0.4, -0.2) is 4.98 Å². The van der Waals surface area contributed by atoms with E-state index in [9.17, 15) is 0 Å². The minimum Gasteiger partial charge on any atom is -0.247 e. The molecule has 0 amide bonds. The van der Waals surface area contributed by atoms with Gasteiger partial charge in [0.2, 0.25) is 0 Å². The minimum atomic E-state index is 1.13. The van der Waals surface area contributed by atoms with Crippen LogP contribution < -0.4 is 0 Å². The van der Waals surface area contributed by atoms with Gasteiger partial charge in [-0.1, -0.05) is 6.07 Å². The molecular weight excluding hydrogens is 249 g/mol. The van der Waals surface area contributed by atoms with Crippen molar-refractivity contribution in [2.24, 2.45) is 0 Å². The van der Waals surface area contributed by atoms with Gasteiger partial charge in [-0.3, -0.25) is 0 Å². The number of fused-ring (bicyclic) bond motifs is 1. The molecule has 0 bridgehead atoms. The number of halogens is 1. The summed E-state index contributed by atoms with van der Waals surface area (Å²) in [7, 11) is 0. The molecule has 1 aromatic rings. The number of hydrogen-bond donors (Lipinski definition) is 0. The van der Waals surface area contributed by atoms with E-state index in [1.54, 1.807) is 0 Å². The SMILES string of the molecule is Ic1ccc2c(n1)CCCC2. The van der Waals surface area contributed by atoms with E-state index >= 15 is 0 Å². The third kappa shape index (κ3) is 1.55. The molecular formula is C9H10IN. The lowest BCUT2D eigenvalue weighted by Crippen LogP contribution is -2.05. The van der Waals surface area contributed by atoms with Gasteiger partial charge in [0.05, 0.1) is 0 Å². The van der Waals surface area contributed by atoms with Crippen LogP contribution in [0.3, 0.4) is 0 Å². The number of aryl methyl sites for hydroxylation is 2. The number of nitrogens with zero attached hydrogens (tertiary/aromatic N) is 1. The van der Waals surface area contributed by atoms with Crippen LogP contribution in [0.15, 0.2) is 12.1 Å². The molecule has 2 heteroatoms. The monoisotopic (exact) mass is 259 g/mol. The zero-order chi connectivity index (χ0) is 7.68. The van der Waals surface area contributed by atoms with Crippen LogP contribution in [-0.2, 0) is 12.8 Å². The number of pyridine rings is 1. The van der Waals surface area contributed by atoms with Crippen molar-refractivity contribution in [3.63, 3.8) is 0 Å². The lowest BCUT2D eigenvalue weighted by molar-refractivity contribution is 0.666. The van der Waals surface area contributed by atoms with Crippen molar-refractivity contribution in [3.05, 3.63) is 27.1 Å². The molecule has 58 valence electrons. The lowest BCUT2D eigenvalue weighted by atomic mass is 9.96. The summed E-state index contributed by atoms with van der Waals surface area (Å²) >= 11 is 2.27. The molecule has 2 rings (SSSR count).